The third-order valence-corrected chi connectivity index (χ3v) is 8.90. The lowest BCUT2D eigenvalue weighted by Crippen LogP contribution is -2.52. The van der Waals surface area contributed by atoms with E-state index in [1.165, 1.54) is 24.3 Å². The number of ether oxygens (including phenoxy) is 1. The van der Waals surface area contributed by atoms with Crippen molar-refractivity contribution in [2.45, 2.75) is 38.1 Å². The smallest absolute Gasteiger partial charge is 0.416 e. The van der Waals surface area contributed by atoms with Crippen LogP contribution in [0.2, 0.25) is 0 Å². The molecule has 1 aliphatic rings. The van der Waals surface area contributed by atoms with Crippen LogP contribution < -0.4 is 4.74 Å². The maximum atomic E-state index is 14.6. The zero-order valence-electron chi connectivity index (χ0n) is 27.5. The molecule has 1 atom stereocenters. The van der Waals surface area contributed by atoms with Gasteiger partial charge in [0.1, 0.15) is 11.8 Å². The highest BCUT2D eigenvalue weighted by atomic mass is 19.4. The van der Waals surface area contributed by atoms with E-state index >= 15 is 0 Å². The number of benzene rings is 4. The van der Waals surface area contributed by atoms with Gasteiger partial charge in [0, 0.05) is 49.5 Å². The normalized spacial score (nSPS) is 13.5. The van der Waals surface area contributed by atoms with Gasteiger partial charge in [-0.15, -0.1) is 0 Å². The second kappa shape index (κ2) is 15.2. The number of carbonyl (C=O) groups excluding carboxylic acids is 2. The van der Waals surface area contributed by atoms with E-state index in [-0.39, 0.29) is 18.9 Å². The Morgan fingerprint density at radius 1 is 0.880 bits per heavy atom. The van der Waals surface area contributed by atoms with Gasteiger partial charge < -0.3 is 14.5 Å². The summed E-state index contributed by atoms with van der Waals surface area (Å²) < 4.78 is 45.1. The maximum Gasteiger partial charge on any atom is 0.416 e. The quantitative estimate of drug-likeness (QED) is 0.141. The summed E-state index contributed by atoms with van der Waals surface area (Å²) in [6.45, 7) is 0.938. The van der Waals surface area contributed by atoms with Crippen LogP contribution in [0, 0.1) is 0 Å². The van der Waals surface area contributed by atoms with E-state index in [1.54, 1.807) is 23.1 Å². The minimum atomic E-state index is -4.47. The molecule has 1 aliphatic heterocycles. The molecule has 0 radical (unpaired) electrons. The number of halogens is 3. The summed E-state index contributed by atoms with van der Waals surface area (Å²) in [4.78, 5) is 36.6. The molecule has 5 aromatic rings. The number of amides is 2. The Bertz CT molecular complexity index is 1930. The van der Waals surface area contributed by atoms with Crippen molar-refractivity contribution < 1.29 is 27.5 Å². The number of hydrogen-bond acceptors (Lipinski definition) is 4. The van der Waals surface area contributed by atoms with Crippen LogP contribution in [0.3, 0.4) is 0 Å². The Morgan fingerprint density at radius 2 is 1.62 bits per heavy atom. The number of aromatic nitrogens is 1. The van der Waals surface area contributed by atoms with Gasteiger partial charge in [0.05, 0.1) is 18.4 Å². The lowest BCUT2D eigenvalue weighted by Gasteiger charge is -2.37. The summed E-state index contributed by atoms with van der Waals surface area (Å²) in [6, 6.07) is 32.5. The number of methoxy groups -OCH3 is 1. The topological polar surface area (TPSA) is 62.7 Å². The first-order valence-electron chi connectivity index (χ1n) is 16.3. The second-order valence-electron chi connectivity index (χ2n) is 12.1. The van der Waals surface area contributed by atoms with E-state index in [2.05, 4.69) is 4.98 Å². The van der Waals surface area contributed by atoms with Crippen LogP contribution in [0.4, 0.5) is 13.2 Å². The van der Waals surface area contributed by atoms with Gasteiger partial charge in [-0.2, -0.15) is 13.2 Å². The van der Waals surface area contributed by atoms with Gasteiger partial charge in [-0.1, -0.05) is 84.9 Å². The first-order chi connectivity index (χ1) is 24.2. The summed E-state index contributed by atoms with van der Waals surface area (Å²) >= 11 is 0. The van der Waals surface area contributed by atoms with Crippen molar-refractivity contribution in [1.29, 1.82) is 0 Å². The average Bonchev–Trinajstić information content (AvgIpc) is 3.15. The van der Waals surface area contributed by atoms with Gasteiger partial charge in [0.25, 0.3) is 0 Å². The highest BCUT2D eigenvalue weighted by molar-refractivity contribution is 5.96. The van der Waals surface area contributed by atoms with Crippen LogP contribution in [0.1, 0.15) is 33.4 Å². The Balaban J connectivity index is 1.35. The van der Waals surface area contributed by atoms with Crippen LogP contribution in [0.5, 0.6) is 5.75 Å². The molecule has 0 bridgehead atoms. The van der Waals surface area contributed by atoms with Crippen molar-refractivity contribution in [3.63, 3.8) is 0 Å². The number of pyridine rings is 1. The van der Waals surface area contributed by atoms with E-state index in [0.717, 1.165) is 45.6 Å². The number of hydrogen-bond donors (Lipinski definition) is 0. The molecule has 50 heavy (non-hydrogen) atoms. The Hall–Kier alpha value is -5.70. The maximum absolute atomic E-state index is 14.6. The molecule has 0 N–H and O–H groups in total. The highest BCUT2D eigenvalue weighted by Gasteiger charge is 2.35. The molecular formula is C41H36F3N3O3. The fourth-order valence-electron chi connectivity index (χ4n) is 6.21. The van der Waals surface area contributed by atoms with Crippen LogP contribution in [-0.4, -0.2) is 46.3 Å². The van der Waals surface area contributed by atoms with Gasteiger partial charge in [0.2, 0.25) is 11.8 Å². The molecule has 6 rings (SSSR count). The standard InChI is InChI=1S/C41H36F3N3O3/c1-50-38-12-7-10-32-23-25-46(28-35(32)38)40(49)37(26-30-8-3-2-4-9-30)47(27-31-13-18-33(19-14-31)36-11-5-6-24-45-36)39(48)22-17-29-15-20-34(21-16-29)41(42,43)44/h2-22,24,37H,23,25-28H2,1H3/b22-17+/t37-/m0/s1. The molecule has 6 nitrogen and oxygen atoms in total. The monoisotopic (exact) mass is 675 g/mol. The third-order valence-electron chi connectivity index (χ3n) is 8.90. The van der Waals surface area contributed by atoms with E-state index < -0.39 is 23.7 Å². The van der Waals surface area contributed by atoms with E-state index in [0.29, 0.717) is 30.8 Å². The number of rotatable bonds is 10. The molecule has 0 saturated carbocycles. The molecule has 0 unspecified atom stereocenters. The van der Waals surface area contributed by atoms with Crippen molar-refractivity contribution in [3.8, 4) is 17.0 Å². The summed E-state index contributed by atoms with van der Waals surface area (Å²) in [6.07, 6.45) is 0.969. The fraction of sp³-hybridized carbons (Fsp3) is 0.195. The van der Waals surface area contributed by atoms with Crippen molar-refractivity contribution in [1.82, 2.24) is 14.8 Å². The SMILES string of the molecule is COc1cccc2c1CN(C(=O)[C@H](Cc1ccccc1)N(Cc1ccc(-c3ccccn3)cc1)C(=O)/C=C/c1ccc(C(F)(F)F)cc1)CC2. The van der Waals surface area contributed by atoms with E-state index in [1.807, 2.05) is 91.0 Å². The first kappa shape index (κ1) is 34.2. The number of nitrogens with zero attached hydrogens (tertiary/aromatic N) is 3. The second-order valence-corrected chi connectivity index (χ2v) is 12.1. The molecule has 254 valence electrons. The zero-order valence-corrected chi connectivity index (χ0v) is 27.5. The predicted molar refractivity (Wildman–Crippen MR) is 187 cm³/mol. The van der Waals surface area contributed by atoms with Gasteiger partial charge >= 0.3 is 6.18 Å². The Kier molecular flexibility index (Phi) is 10.4. The summed E-state index contributed by atoms with van der Waals surface area (Å²) in [5.74, 6) is 0.0646. The van der Waals surface area contributed by atoms with Crippen molar-refractivity contribution in [2.24, 2.45) is 0 Å². The molecule has 0 fully saturated rings. The Labute approximate surface area is 289 Å². The van der Waals surface area contributed by atoms with Gasteiger partial charge in [0.15, 0.2) is 0 Å². The summed E-state index contributed by atoms with van der Waals surface area (Å²) in [5.41, 5.74) is 5.12. The van der Waals surface area contributed by atoms with Crippen LogP contribution in [-0.2, 0) is 41.7 Å². The lowest BCUT2D eigenvalue weighted by atomic mass is 9.96. The lowest BCUT2D eigenvalue weighted by molar-refractivity contribution is -0.144. The number of alkyl halides is 3. The highest BCUT2D eigenvalue weighted by Crippen LogP contribution is 2.31. The molecule has 9 heteroatoms. The van der Waals surface area contributed by atoms with E-state index in [9.17, 15) is 22.8 Å². The Morgan fingerprint density at radius 3 is 2.30 bits per heavy atom. The first-order valence-corrected chi connectivity index (χ1v) is 16.3. The molecule has 2 amide bonds. The van der Waals surface area contributed by atoms with Gasteiger partial charge in [-0.25, -0.2) is 0 Å². The van der Waals surface area contributed by atoms with Gasteiger partial charge in [-0.05, 0) is 65.1 Å². The predicted octanol–water partition coefficient (Wildman–Crippen LogP) is 8.01. The van der Waals surface area contributed by atoms with Crippen molar-refractivity contribution >= 4 is 17.9 Å². The molecule has 2 heterocycles. The minimum Gasteiger partial charge on any atom is -0.496 e. The zero-order chi connectivity index (χ0) is 35.1. The van der Waals surface area contributed by atoms with Gasteiger partial charge in [-0.3, -0.25) is 14.6 Å². The van der Waals surface area contributed by atoms with E-state index in [4.69, 9.17) is 4.74 Å². The molecule has 0 aliphatic carbocycles. The molecule has 4 aromatic carbocycles. The summed E-state index contributed by atoms with van der Waals surface area (Å²) in [5, 5.41) is 0. The number of carbonyl (C=O) groups is 2. The van der Waals surface area contributed by atoms with Crippen LogP contribution in [0.25, 0.3) is 17.3 Å². The molecule has 1 aromatic heterocycles. The molecule has 0 spiro atoms. The van der Waals surface area contributed by atoms with Crippen LogP contribution >= 0.6 is 0 Å². The fourth-order valence-corrected chi connectivity index (χ4v) is 6.21. The largest absolute Gasteiger partial charge is 0.496 e. The molecular weight excluding hydrogens is 639 g/mol. The third kappa shape index (κ3) is 8.11. The minimum absolute atomic E-state index is 0.121. The summed E-state index contributed by atoms with van der Waals surface area (Å²) in [7, 11) is 1.61. The number of fused-ring (bicyclic) bond motifs is 1. The van der Waals surface area contributed by atoms with Crippen LogP contribution in [0.15, 0.2) is 128 Å². The van der Waals surface area contributed by atoms with Crippen molar-refractivity contribution in [3.05, 3.63) is 161 Å². The average molecular weight is 676 g/mol. The molecule has 0 saturated heterocycles. The van der Waals surface area contributed by atoms with Crippen molar-refractivity contribution in [2.75, 3.05) is 13.7 Å².